The number of H-pyrrole nitrogens is 1. The first-order chi connectivity index (χ1) is 13.3. The largest absolute Gasteiger partial charge is 0.257 e. The van der Waals surface area contributed by atoms with Crippen molar-refractivity contribution >= 4 is 0 Å². The fourth-order valence-corrected chi connectivity index (χ4v) is 4.29. The predicted molar refractivity (Wildman–Crippen MR) is 119 cm³/mol. The Hall–Kier alpha value is -0.790. The SMILES string of the molecule is CCCCCCCCCC[C@H](CCCCCCCCC)c1[nH]cc[n+]1CC. The van der Waals surface area contributed by atoms with E-state index in [4.69, 9.17) is 0 Å². The van der Waals surface area contributed by atoms with E-state index in [0.29, 0.717) is 0 Å². The summed E-state index contributed by atoms with van der Waals surface area (Å²) in [4.78, 5) is 3.56. The van der Waals surface area contributed by atoms with Crippen LogP contribution in [0.25, 0.3) is 0 Å². The smallest absolute Gasteiger partial charge is 0.247 e. The van der Waals surface area contributed by atoms with Crippen LogP contribution in [0.5, 0.6) is 0 Å². The average molecular weight is 378 g/mol. The lowest BCUT2D eigenvalue weighted by molar-refractivity contribution is -0.701. The van der Waals surface area contributed by atoms with Gasteiger partial charge in [-0.2, -0.15) is 0 Å². The Balaban J connectivity index is 2.28. The van der Waals surface area contributed by atoms with Crippen molar-refractivity contribution in [3.05, 3.63) is 18.2 Å². The van der Waals surface area contributed by atoms with E-state index in [1.165, 1.54) is 115 Å². The topological polar surface area (TPSA) is 19.7 Å². The maximum atomic E-state index is 3.56. The minimum absolute atomic E-state index is 0.732. The Morgan fingerprint density at radius 1 is 0.667 bits per heavy atom. The standard InChI is InChI=1S/C25H48N2/c1-4-7-9-11-13-15-17-19-21-24(25-26-22-23-27(25)6-3)20-18-16-14-12-10-8-5-2/h22-24H,4-21H2,1-3H3/p+1/t24-/m0/s1. The molecule has 0 bridgehead atoms. The molecule has 0 radical (unpaired) electrons. The Bertz CT molecular complexity index is 424. The second-order valence-electron chi connectivity index (χ2n) is 8.50. The summed E-state index contributed by atoms with van der Waals surface area (Å²) < 4.78 is 2.43. The van der Waals surface area contributed by atoms with Gasteiger partial charge < -0.3 is 0 Å². The van der Waals surface area contributed by atoms with E-state index in [1.807, 2.05) is 0 Å². The van der Waals surface area contributed by atoms with Crippen molar-refractivity contribution in [3.8, 4) is 0 Å². The van der Waals surface area contributed by atoms with E-state index in [1.54, 1.807) is 0 Å². The molecule has 0 aliphatic heterocycles. The van der Waals surface area contributed by atoms with E-state index >= 15 is 0 Å². The zero-order valence-corrected chi connectivity index (χ0v) is 18.9. The van der Waals surface area contributed by atoms with Gasteiger partial charge in [0.25, 0.3) is 5.82 Å². The molecule has 1 aromatic heterocycles. The molecule has 1 heterocycles. The molecule has 1 aromatic rings. The van der Waals surface area contributed by atoms with Crippen molar-refractivity contribution in [2.45, 2.75) is 142 Å². The van der Waals surface area contributed by atoms with Crippen molar-refractivity contribution in [2.75, 3.05) is 0 Å². The normalized spacial score (nSPS) is 12.6. The van der Waals surface area contributed by atoms with Gasteiger partial charge in [0.1, 0.15) is 12.4 Å². The van der Waals surface area contributed by atoms with Gasteiger partial charge in [-0.05, 0) is 19.8 Å². The van der Waals surface area contributed by atoms with Gasteiger partial charge in [-0.25, -0.2) is 9.55 Å². The molecule has 158 valence electrons. The van der Waals surface area contributed by atoms with Gasteiger partial charge in [-0.1, -0.05) is 110 Å². The summed E-state index contributed by atoms with van der Waals surface area (Å²) in [5, 5.41) is 0. The predicted octanol–water partition coefficient (Wildman–Crippen LogP) is 8.08. The fourth-order valence-electron chi connectivity index (χ4n) is 4.29. The molecule has 1 atom stereocenters. The van der Waals surface area contributed by atoms with Crippen molar-refractivity contribution in [2.24, 2.45) is 0 Å². The number of aromatic amines is 1. The summed E-state index contributed by atoms with van der Waals surface area (Å²) >= 11 is 0. The van der Waals surface area contributed by atoms with Gasteiger partial charge in [0.05, 0.1) is 12.5 Å². The first-order valence-corrected chi connectivity index (χ1v) is 12.4. The molecule has 0 aromatic carbocycles. The Morgan fingerprint density at radius 3 is 1.56 bits per heavy atom. The number of imidazole rings is 1. The van der Waals surface area contributed by atoms with Crippen LogP contribution in [-0.4, -0.2) is 4.98 Å². The highest BCUT2D eigenvalue weighted by atomic mass is 15.1. The van der Waals surface area contributed by atoms with Gasteiger partial charge >= 0.3 is 0 Å². The molecule has 0 saturated heterocycles. The monoisotopic (exact) mass is 377 g/mol. The lowest BCUT2D eigenvalue weighted by Crippen LogP contribution is -2.36. The van der Waals surface area contributed by atoms with Crippen LogP contribution in [0.2, 0.25) is 0 Å². The maximum Gasteiger partial charge on any atom is 0.257 e. The third-order valence-electron chi connectivity index (χ3n) is 6.08. The van der Waals surface area contributed by atoms with Crippen LogP contribution in [0.1, 0.15) is 142 Å². The van der Waals surface area contributed by atoms with E-state index in [9.17, 15) is 0 Å². The Labute approximate surface area is 170 Å². The van der Waals surface area contributed by atoms with E-state index in [0.717, 1.165) is 12.5 Å². The highest BCUT2D eigenvalue weighted by molar-refractivity contribution is 4.90. The molecule has 0 saturated carbocycles. The molecule has 0 aliphatic rings. The summed E-state index contributed by atoms with van der Waals surface area (Å²) in [6.45, 7) is 7.95. The number of hydrogen-bond donors (Lipinski definition) is 1. The van der Waals surface area contributed by atoms with E-state index in [-0.39, 0.29) is 0 Å². The van der Waals surface area contributed by atoms with Gasteiger partial charge in [0.2, 0.25) is 0 Å². The molecule has 2 nitrogen and oxygen atoms in total. The van der Waals surface area contributed by atoms with Gasteiger partial charge in [0.15, 0.2) is 0 Å². The molecule has 0 amide bonds. The van der Waals surface area contributed by atoms with Crippen molar-refractivity contribution in [3.63, 3.8) is 0 Å². The first-order valence-electron chi connectivity index (χ1n) is 12.4. The first kappa shape index (κ1) is 24.2. The molecular formula is C25H49N2+. The molecule has 0 unspecified atom stereocenters. The second kappa shape index (κ2) is 17.3. The number of aryl methyl sites for hydroxylation is 1. The summed E-state index contributed by atoms with van der Waals surface area (Å²) in [7, 11) is 0. The number of unbranched alkanes of at least 4 members (excludes halogenated alkanes) is 13. The van der Waals surface area contributed by atoms with Gasteiger partial charge in [-0.3, -0.25) is 0 Å². The Morgan fingerprint density at radius 2 is 1.11 bits per heavy atom. The quantitative estimate of drug-likeness (QED) is 0.186. The van der Waals surface area contributed by atoms with Crippen LogP contribution in [0, 0.1) is 0 Å². The highest BCUT2D eigenvalue weighted by Gasteiger charge is 2.21. The lowest BCUT2D eigenvalue weighted by Gasteiger charge is -2.14. The molecule has 1 N–H and O–H groups in total. The average Bonchev–Trinajstić information content (AvgIpc) is 3.16. The third-order valence-corrected chi connectivity index (χ3v) is 6.08. The summed E-state index contributed by atoms with van der Waals surface area (Å²) in [5.74, 6) is 2.21. The zero-order chi connectivity index (χ0) is 19.6. The van der Waals surface area contributed by atoms with Crippen LogP contribution >= 0.6 is 0 Å². The molecule has 2 heteroatoms. The molecule has 1 rings (SSSR count). The molecule has 0 spiro atoms. The van der Waals surface area contributed by atoms with E-state index < -0.39 is 0 Å². The maximum absolute atomic E-state index is 3.56. The zero-order valence-electron chi connectivity index (χ0n) is 18.9. The van der Waals surface area contributed by atoms with Crippen molar-refractivity contribution < 1.29 is 4.57 Å². The van der Waals surface area contributed by atoms with Crippen LogP contribution in [-0.2, 0) is 6.54 Å². The summed E-state index contributed by atoms with van der Waals surface area (Å²) in [6.07, 6.45) is 28.3. The molecule has 0 fully saturated rings. The van der Waals surface area contributed by atoms with Crippen molar-refractivity contribution in [1.82, 2.24) is 4.98 Å². The highest BCUT2D eigenvalue weighted by Crippen LogP contribution is 2.26. The van der Waals surface area contributed by atoms with Gasteiger partial charge in [0, 0.05) is 0 Å². The number of rotatable bonds is 19. The van der Waals surface area contributed by atoms with Crippen molar-refractivity contribution in [1.29, 1.82) is 0 Å². The number of nitrogens with zero attached hydrogens (tertiary/aromatic N) is 1. The lowest BCUT2D eigenvalue weighted by atomic mass is 9.93. The van der Waals surface area contributed by atoms with Gasteiger partial charge in [-0.15, -0.1) is 0 Å². The number of hydrogen-bond acceptors (Lipinski definition) is 0. The van der Waals surface area contributed by atoms with Crippen LogP contribution in [0.4, 0.5) is 0 Å². The molecule has 0 aliphatic carbocycles. The fraction of sp³-hybridized carbons (Fsp3) is 0.880. The van der Waals surface area contributed by atoms with Crippen LogP contribution in [0.15, 0.2) is 12.4 Å². The minimum Gasteiger partial charge on any atom is -0.247 e. The van der Waals surface area contributed by atoms with Crippen LogP contribution in [0.3, 0.4) is 0 Å². The number of aromatic nitrogens is 2. The molecule has 27 heavy (non-hydrogen) atoms. The molecular weight excluding hydrogens is 328 g/mol. The Kier molecular flexibility index (Phi) is 15.6. The second-order valence-corrected chi connectivity index (χ2v) is 8.50. The third kappa shape index (κ3) is 11.6. The number of nitrogens with one attached hydrogen (secondary N) is 1. The van der Waals surface area contributed by atoms with E-state index in [2.05, 4.69) is 42.7 Å². The summed E-state index contributed by atoms with van der Waals surface area (Å²) in [5.41, 5.74) is 0. The van der Waals surface area contributed by atoms with Crippen LogP contribution < -0.4 is 4.57 Å². The summed E-state index contributed by atoms with van der Waals surface area (Å²) in [6, 6.07) is 0. The minimum atomic E-state index is 0.732.